The lowest BCUT2D eigenvalue weighted by Gasteiger charge is -2.10. The third kappa shape index (κ3) is 1.84. The molecule has 0 aliphatic heterocycles. The smallest absolute Gasteiger partial charge is 0.124 e. The van der Waals surface area contributed by atoms with Crippen LogP contribution in [0.25, 0.3) is 10.6 Å². The Morgan fingerprint density at radius 2 is 2.19 bits per heavy atom. The summed E-state index contributed by atoms with van der Waals surface area (Å²) in [5.41, 5.74) is 2.80. The number of benzene rings is 1. The van der Waals surface area contributed by atoms with Crippen LogP contribution in [-0.4, -0.2) is 4.98 Å². The number of aromatic nitrogens is 1. The summed E-state index contributed by atoms with van der Waals surface area (Å²) in [5.74, 6) is 0.356. The van der Waals surface area contributed by atoms with E-state index in [4.69, 9.17) is 0 Å². The Morgan fingerprint density at radius 1 is 1.38 bits per heavy atom. The maximum atomic E-state index is 9.27. The molecule has 0 atom stereocenters. The Morgan fingerprint density at radius 3 is 2.75 bits per heavy atom. The topological polar surface area (TPSA) is 36.7 Å². The molecule has 0 bridgehead atoms. The Hall–Kier alpha value is -1.66. The average Bonchev–Trinajstić information content (AvgIpc) is 2.81. The number of rotatable bonds is 2. The highest BCUT2D eigenvalue weighted by atomic mass is 32.1. The summed E-state index contributed by atoms with van der Waals surface area (Å²) in [6.07, 6.45) is 1.77. The van der Waals surface area contributed by atoms with Gasteiger partial charge in [0, 0.05) is 17.1 Å². The molecule has 0 saturated carbocycles. The van der Waals surface area contributed by atoms with Crippen LogP contribution < -0.4 is 0 Å². The van der Waals surface area contributed by atoms with Gasteiger partial charge < -0.3 is 0 Å². The summed E-state index contributed by atoms with van der Waals surface area (Å²) in [6.45, 7) is 4.20. The highest BCUT2D eigenvalue weighted by Gasteiger charge is 2.13. The van der Waals surface area contributed by atoms with Crippen molar-refractivity contribution in [3.05, 3.63) is 40.9 Å². The molecule has 1 aromatic heterocycles. The Labute approximate surface area is 99.2 Å². The normalized spacial score (nSPS) is 10.4. The SMILES string of the molecule is CC(C)c1cccc(-c2nccs2)c1C#N. The number of hydrogen-bond acceptors (Lipinski definition) is 3. The molecule has 0 unspecified atom stereocenters. The molecule has 2 aromatic rings. The van der Waals surface area contributed by atoms with Gasteiger partial charge in [-0.15, -0.1) is 11.3 Å². The predicted molar refractivity (Wildman–Crippen MR) is 66.4 cm³/mol. The average molecular weight is 228 g/mol. The van der Waals surface area contributed by atoms with Gasteiger partial charge in [0.05, 0.1) is 5.56 Å². The molecule has 0 saturated heterocycles. The van der Waals surface area contributed by atoms with E-state index in [1.165, 1.54) is 0 Å². The second-order valence-corrected chi connectivity index (χ2v) is 4.77. The fourth-order valence-electron chi connectivity index (χ4n) is 1.71. The molecule has 0 fully saturated rings. The Bertz CT molecular complexity index is 521. The Kier molecular flexibility index (Phi) is 3.02. The van der Waals surface area contributed by atoms with Gasteiger partial charge in [0.2, 0.25) is 0 Å². The van der Waals surface area contributed by atoms with Crippen molar-refractivity contribution in [1.29, 1.82) is 5.26 Å². The fourth-order valence-corrected chi connectivity index (χ4v) is 2.38. The van der Waals surface area contributed by atoms with E-state index < -0.39 is 0 Å². The summed E-state index contributed by atoms with van der Waals surface area (Å²) in [4.78, 5) is 4.26. The molecule has 16 heavy (non-hydrogen) atoms. The van der Waals surface area contributed by atoms with Crippen LogP contribution in [0, 0.1) is 11.3 Å². The standard InChI is InChI=1S/C13H12N2S/c1-9(2)10-4-3-5-11(12(10)8-14)13-15-6-7-16-13/h3-7,9H,1-2H3. The molecule has 0 aliphatic rings. The van der Waals surface area contributed by atoms with Gasteiger partial charge in [-0.3, -0.25) is 0 Å². The second-order valence-electron chi connectivity index (χ2n) is 3.87. The molecule has 1 aromatic carbocycles. The van der Waals surface area contributed by atoms with Gasteiger partial charge in [0.25, 0.3) is 0 Å². The van der Waals surface area contributed by atoms with Crippen molar-refractivity contribution < 1.29 is 0 Å². The van der Waals surface area contributed by atoms with Crippen LogP contribution in [0.15, 0.2) is 29.8 Å². The number of hydrogen-bond donors (Lipinski definition) is 0. The van der Waals surface area contributed by atoms with Crippen LogP contribution in [0.3, 0.4) is 0 Å². The van der Waals surface area contributed by atoms with E-state index in [2.05, 4.69) is 24.9 Å². The first kappa shape index (κ1) is 10.8. The molecule has 0 amide bonds. The molecule has 1 heterocycles. The molecule has 0 N–H and O–H groups in total. The van der Waals surface area contributed by atoms with Crippen molar-refractivity contribution in [2.24, 2.45) is 0 Å². The van der Waals surface area contributed by atoms with Crippen molar-refractivity contribution >= 4 is 11.3 Å². The minimum atomic E-state index is 0.356. The lowest BCUT2D eigenvalue weighted by molar-refractivity contribution is 0.863. The largest absolute Gasteiger partial charge is 0.245 e. The zero-order chi connectivity index (χ0) is 11.5. The lowest BCUT2D eigenvalue weighted by atomic mass is 9.94. The first-order chi connectivity index (χ1) is 7.74. The van der Waals surface area contributed by atoms with Gasteiger partial charge in [-0.25, -0.2) is 4.98 Å². The molecule has 0 spiro atoms. The molecule has 2 nitrogen and oxygen atoms in total. The fraction of sp³-hybridized carbons (Fsp3) is 0.231. The molecule has 0 radical (unpaired) electrons. The highest BCUT2D eigenvalue weighted by Crippen LogP contribution is 2.30. The van der Waals surface area contributed by atoms with Crippen molar-refractivity contribution in [2.45, 2.75) is 19.8 Å². The van der Waals surface area contributed by atoms with Crippen molar-refractivity contribution in [3.8, 4) is 16.6 Å². The summed E-state index contributed by atoms with van der Waals surface area (Å²) >= 11 is 1.56. The molecular weight excluding hydrogens is 216 g/mol. The molecule has 80 valence electrons. The van der Waals surface area contributed by atoms with Gasteiger partial charge in [-0.2, -0.15) is 5.26 Å². The van der Waals surface area contributed by atoms with Crippen molar-refractivity contribution in [3.63, 3.8) is 0 Å². The van der Waals surface area contributed by atoms with E-state index in [9.17, 15) is 5.26 Å². The zero-order valence-corrected chi connectivity index (χ0v) is 10.1. The van der Waals surface area contributed by atoms with Crippen molar-refractivity contribution in [2.75, 3.05) is 0 Å². The maximum Gasteiger partial charge on any atom is 0.124 e. The van der Waals surface area contributed by atoms with E-state index >= 15 is 0 Å². The first-order valence-electron chi connectivity index (χ1n) is 5.17. The van der Waals surface area contributed by atoms with E-state index in [-0.39, 0.29) is 0 Å². The van der Waals surface area contributed by atoms with E-state index in [1.54, 1.807) is 17.5 Å². The zero-order valence-electron chi connectivity index (χ0n) is 9.27. The minimum absolute atomic E-state index is 0.356. The third-order valence-electron chi connectivity index (χ3n) is 2.49. The minimum Gasteiger partial charge on any atom is -0.245 e. The van der Waals surface area contributed by atoms with Crippen LogP contribution in [-0.2, 0) is 0 Å². The van der Waals surface area contributed by atoms with Gasteiger partial charge in [0.1, 0.15) is 11.1 Å². The summed E-state index contributed by atoms with van der Waals surface area (Å²) in [5, 5.41) is 12.1. The summed E-state index contributed by atoms with van der Waals surface area (Å²) in [6, 6.07) is 8.27. The molecular formula is C13H12N2S. The van der Waals surface area contributed by atoms with Crippen LogP contribution in [0.5, 0.6) is 0 Å². The molecule has 0 aliphatic carbocycles. The van der Waals surface area contributed by atoms with Crippen LogP contribution >= 0.6 is 11.3 Å². The highest BCUT2D eigenvalue weighted by molar-refractivity contribution is 7.13. The number of nitriles is 1. The predicted octanol–water partition coefficient (Wildman–Crippen LogP) is 3.81. The Balaban J connectivity index is 2.64. The molecule has 2 rings (SSSR count). The second kappa shape index (κ2) is 4.46. The monoisotopic (exact) mass is 228 g/mol. The number of nitrogens with zero attached hydrogens (tertiary/aromatic N) is 2. The summed E-state index contributed by atoms with van der Waals surface area (Å²) < 4.78 is 0. The van der Waals surface area contributed by atoms with Crippen LogP contribution in [0.1, 0.15) is 30.9 Å². The molecule has 3 heteroatoms. The van der Waals surface area contributed by atoms with Gasteiger partial charge in [-0.1, -0.05) is 32.0 Å². The van der Waals surface area contributed by atoms with E-state index in [1.807, 2.05) is 23.6 Å². The van der Waals surface area contributed by atoms with E-state index in [0.29, 0.717) is 5.92 Å². The van der Waals surface area contributed by atoms with E-state index in [0.717, 1.165) is 21.7 Å². The quantitative estimate of drug-likeness (QED) is 0.783. The van der Waals surface area contributed by atoms with Crippen LogP contribution in [0.2, 0.25) is 0 Å². The first-order valence-corrected chi connectivity index (χ1v) is 6.05. The van der Waals surface area contributed by atoms with Gasteiger partial charge in [0.15, 0.2) is 0 Å². The number of thiazole rings is 1. The van der Waals surface area contributed by atoms with Crippen molar-refractivity contribution in [1.82, 2.24) is 4.98 Å². The van der Waals surface area contributed by atoms with Crippen LogP contribution in [0.4, 0.5) is 0 Å². The summed E-state index contributed by atoms with van der Waals surface area (Å²) in [7, 11) is 0. The third-order valence-corrected chi connectivity index (χ3v) is 3.30. The van der Waals surface area contributed by atoms with Gasteiger partial charge >= 0.3 is 0 Å². The lowest BCUT2D eigenvalue weighted by Crippen LogP contribution is -1.95. The maximum absolute atomic E-state index is 9.27. The van der Waals surface area contributed by atoms with Gasteiger partial charge in [-0.05, 0) is 11.5 Å².